The molecule has 0 aliphatic carbocycles. The maximum Gasteiger partial charge on any atom is 0.0319 e. The molecule has 0 aliphatic rings. The van der Waals surface area contributed by atoms with Crippen molar-refractivity contribution in [1.29, 1.82) is 0 Å². The van der Waals surface area contributed by atoms with Crippen molar-refractivity contribution in [3.63, 3.8) is 0 Å². The normalized spacial score (nSPS) is 7.44. The molecule has 1 rings (SSSR count). The minimum Gasteiger partial charge on any atom is -0.400 e. The second-order valence-electron chi connectivity index (χ2n) is 1.30. The Morgan fingerprint density at radius 2 is 1.56 bits per heavy atom. The van der Waals surface area contributed by atoms with Crippen LogP contribution in [0.15, 0.2) is 30.3 Å². The molecule has 1 N–H and O–H groups in total. The van der Waals surface area contributed by atoms with Crippen molar-refractivity contribution in [2.75, 3.05) is 7.11 Å². The van der Waals surface area contributed by atoms with Gasteiger partial charge in [-0.3, -0.25) is 0 Å². The lowest BCUT2D eigenvalue weighted by Gasteiger charge is -1.80. The quantitative estimate of drug-likeness (QED) is 0.682. The highest BCUT2D eigenvalue weighted by atomic mass is 127. The van der Waals surface area contributed by atoms with Crippen LogP contribution in [0.2, 0.25) is 0 Å². The molecule has 0 heterocycles. The van der Waals surface area contributed by atoms with Gasteiger partial charge in [-0.1, -0.05) is 18.2 Å². The summed E-state index contributed by atoms with van der Waals surface area (Å²) in [5, 5.41) is 7.00. The van der Waals surface area contributed by atoms with Gasteiger partial charge in [-0.15, -0.1) is 0 Å². The van der Waals surface area contributed by atoms with Crippen LogP contribution >= 0.6 is 22.6 Å². The SMILES string of the molecule is CO.Ic1ccccc1. The van der Waals surface area contributed by atoms with Gasteiger partial charge in [0.05, 0.1) is 0 Å². The van der Waals surface area contributed by atoms with Gasteiger partial charge in [0.25, 0.3) is 0 Å². The highest BCUT2D eigenvalue weighted by Gasteiger charge is 1.74. The average Bonchev–Trinajstić information content (AvgIpc) is 1.94. The Labute approximate surface area is 68.9 Å². The van der Waals surface area contributed by atoms with Crippen molar-refractivity contribution in [3.8, 4) is 0 Å². The van der Waals surface area contributed by atoms with Crippen LogP contribution in [0.5, 0.6) is 0 Å². The number of rotatable bonds is 0. The molecule has 0 saturated heterocycles. The lowest BCUT2D eigenvalue weighted by Crippen LogP contribution is -1.61. The van der Waals surface area contributed by atoms with Crippen molar-refractivity contribution in [2.45, 2.75) is 0 Å². The zero-order valence-corrected chi connectivity index (χ0v) is 7.37. The second kappa shape index (κ2) is 6.04. The molecule has 50 valence electrons. The Kier molecular flexibility index (Phi) is 5.98. The third kappa shape index (κ3) is 4.42. The fourth-order valence-electron chi connectivity index (χ4n) is 0.415. The Morgan fingerprint density at radius 3 is 1.78 bits per heavy atom. The molecule has 0 spiro atoms. The predicted molar refractivity (Wildman–Crippen MR) is 47.3 cm³/mol. The van der Waals surface area contributed by atoms with E-state index in [1.165, 1.54) is 3.57 Å². The van der Waals surface area contributed by atoms with Gasteiger partial charge in [-0.25, -0.2) is 0 Å². The van der Waals surface area contributed by atoms with Gasteiger partial charge in [0.15, 0.2) is 0 Å². The molecule has 0 saturated carbocycles. The Balaban J connectivity index is 0.000000291. The van der Waals surface area contributed by atoms with Gasteiger partial charge in [-0.2, -0.15) is 0 Å². The highest BCUT2D eigenvalue weighted by molar-refractivity contribution is 14.1. The number of benzene rings is 1. The molecule has 0 bridgehead atoms. The lowest BCUT2D eigenvalue weighted by molar-refractivity contribution is 0.399. The Hall–Kier alpha value is -0.0900. The van der Waals surface area contributed by atoms with Gasteiger partial charge in [0.2, 0.25) is 0 Å². The van der Waals surface area contributed by atoms with Crippen molar-refractivity contribution in [3.05, 3.63) is 33.9 Å². The molecule has 0 radical (unpaired) electrons. The Bertz CT molecular complexity index is 139. The Morgan fingerprint density at radius 1 is 1.11 bits per heavy atom. The first-order chi connectivity index (χ1) is 4.39. The molecule has 0 aromatic heterocycles. The lowest BCUT2D eigenvalue weighted by atomic mass is 10.4. The molecule has 0 amide bonds. The van der Waals surface area contributed by atoms with Crippen LogP contribution in [-0.4, -0.2) is 12.2 Å². The van der Waals surface area contributed by atoms with E-state index in [4.69, 9.17) is 5.11 Å². The zero-order valence-electron chi connectivity index (χ0n) is 5.21. The molecule has 0 atom stereocenters. The zero-order chi connectivity index (χ0) is 7.11. The predicted octanol–water partition coefficient (Wildman–Crippen LogP) is 1.90. The van der Waals surface area contributed by atoms with Gasteiger partial charge in [0, 0.05) is 10.7 Å². The summed E-state index contributed by atoms with van der Waals surface area (Å²) in [5.41, 5.74) is 0. The summed E-state index contributed by atoms with van der Waals surface area (Å²) < 4.78 is 1.29. The van der Waals surface area contributed by atoms with Gasteiger partial charge >= 0.3 is 0 Å². The van der Waals surface area contributed by atoms with E-state index in [-0.39, 0.29) is 0 Å². The summed E-state index contributed by atoms with van der Waals surface area (Å²) in [6, 6.07) is 10.2. The maximum atomic E-state index is 7.00. The first kappa shape index (κ1) is 8.91. The van der Waals surface area contributed by atoms with Gasteiger partial charge in [-0.05, 0) is 34.7 Å². The van der Waals surface area contributed by atoms with E-state index in [9.17, 15) is 0 Å². The minimum absolute atomic E-state index is 1.00. The van der Waals surface area contributed by atoms with Crippen LogP contribution in [0.25, 0.3) is 0 Å². The maximum absolute atomic E-state index is 7.00. The van der Waals surface area contributed by atoms with Crippen LogP contribution < -0.4 is 0 Å². The first-order valence-electron chi connectivity index (χ1n) is 2.55. The fraction of sp³-hybridized carbons (Fsp3) is 0.143. The summed E-state index contributed by atoms with van der Waals surface area (Å²) in [7, 11) is 1.00. The van der Waals surface area contributed by atoms with E-state index in [0.29, 0.717) is 0 Å². The minimum atomic E-state index is 1.00. The molecule has 1 aromatic carbocycles. The highest BCUT2D eigenvalue weighted by Crippen LogP contribution is 1.99. The molecule has 0 unspecified atom stereocenters. The van der Waals surface area contributed by atoms with E-state index >= 15 is 0 Å². The van der Waals surface area contributed by atoms with Crippen LogP contribution in [0.1, 0.15) is 0 Å². The molecular weight excluding hydrogens is 227 g/mol. The molecular formula is C7H9IO. The smallest absolute Gasteiger partial charge is 0.0319 e. The van der Waals surface area contributed by atoms with Crippen LogP contribution in [0, 0.1) is 3.57 Å². The fourth-order valence-corrected chi connectivity index (χ4v) is 0.830. The van der Waals surface area contributed by atoms with Crippen molar-refractivity contribution >= 4 is 22.6 Å². The molecule has 1 aromatic rings. The van der Waals surface area contributed by atoms with E-state index in [2.05, 4.69) is 34.7 Å². The van der Waals surface area contributed by atoms with E-state index in [1.54, 1.807) is 0 Å². The first-order valence-corrected chi connectivity index (χ1v) is 3.63. The molecule has 9 heavy (non-hydrogen) atoms. The summed E-state index contributed by atoms with van der Waals surface area (Å²) in [4.78, 5) is 0. The summed E-state index contributed by atoms with van der Waals surface area (Å²) in [5.74, 6) is 0. The third-order valence-corrected chi connectivity index (χ3v) is 1.45. The summed E-state index contributed by atoms with van der Waals surface area (Å²) in [6.45, 7) is 0. The number of aliphatic hydroxyl groups excluding tert-OH is 1. The molecule has 1 nitrogen and oxygen atoms in total. The second-order valence-corrected chi connectivity index (χ2v) is 2.54. The third-order valence-electron chi connectivity index (χ3n) is 0.733. The van der Waals surface area contributed by atoms with Crippen molar-refractivity contribution in [1.82, 2.24) is 0 Å². The topological polar surface area (TPSA) is 20.2 Å². The monoisotopic (exact) mass is 236 g/mol. The van der Waals surface area contributed by atoms with Crippen LogP contribution in [0.4, 0.5) is 0 Å². The molecule has 0 fully saturated rings. The van der Waals surface area contributed by atoms with Gasteiger partial charge < -0.3 is 5.11 Å². The van der Waals surface area contributed by atoms with Crippen molar-refractivity contribution < 1.29 is 5.11 Å². The van der Waals surface area contributed by atoms with E-state index in [1.807, 2.05) is 18.2 Å². The number of aliphatic hydroxyl groups is 1. The largest absolute Gasteiger partial charge is 0.400 e. The standard InChI is InChI=1S/C6H5I.CH4O/c7-6-4-2-1-3-5-6;1-2/h1-5H;2H,1H3. The van der Waals surface area contributed by atoms with Crippen molar-refractivity contribution in [2.24, 2.45) is 0 Å². The van der Waals surface area contributed by atoms with E-state index in [0.717, 1.165) is 7.11 Å². The van der Waals surface area contributed by atoms with Crippen LogP contribution in [-0.2, 0) is 0 Å². The average molecular weight is 236 g/mol. The number of hydrogen-bond donors (Lipinski definition) is 1. The summed E-state index contributed by atoms with van der Waals surface area (Å²) in [6.07, 6.45) is 0. The van der Waals surface area contributed by atoms with E-state index < -0.39 is 0 Å². The number of hydrogen-bond acceptors (Lipinski definition) is 1. The molecule has 0 aliphatic heterocycles. The van der Waals surface area contributed by atoms with Crippen LogP contribution in [0.3, 0.4) is 0 Å². The molecule has 2 heteroatoms. The summed E-state index contributed by atoms with van der Waals surface area (Å²) >= 11 is 2.28. The van der Waals surface area contributed by atoms with Gasteiger partial charge in [0.1, 0.15) is 0 Å². The number of halogens is 1.